The van der Waals surface area contributed by atoms with E-state index < -0.39 is 0 Å². The maximum atomic E-state index is 3.29. The highest BCUT2D eigenvalue weighted by Gasteiger charge is 2.23. The van der Waals surface area contributed by atoms with Gasteiger partial charge in [-0.15, -0.1) is 0 Å². The molecule has 1 aromatic rings. The van der Waals surface area contributed by atoms with Gasteiger partial charge in [0.25, 0.3) is 0 Å². The number of nitrogens with zero attached hydrogens (tertiary/aromatic N) is 1. The first-order chi connectivity index (χ1) is 6.88. The van der Waals surface area contributed by atoms with E-state index in [1.165, 1.54) is 31.6 Å². The zero-order chi connectivity index (χ0) is 9.80. The Hall–Kier alpha value is -0.860. The summed E-state index contributed by atoms with van der Waals surface area (Å²) in [5.74, 6) is 0. The lowest BCUT2D eigenvalue weighted by Gasteiger charge is -2.39. The molecule has 1 fully saturated rings. The molecule has 1 saturated heterocycles. The monoisotopic (exact) mass is 190 g/mol. The fraction of sp³-hybridized carbons (Fsp3) is 0.500. The molecule has 0 bridgehead atoms. The van der Waals surface area contributed by atoms with Crippen LogP contribution in [0, 0.1) is 0 Å². The summed E-state index contributed by atoms with van der Waals surface area (Å²) in [5.41, 5.74) is 1.44. The van der Waals surface area contributed by atoms with Crippen molar-refractivity contribution in [3.8, 4) is 0 Å². The highest BCUT2D eigenvalue weighted by Crippen LogP contribution is 2.08. The van der Waals surface area contributed by atoms with Gasteiger partial charge in [0.15, 0.2) is 0 Å². The van der Waals surface area contributed by atoms with E-state index in [0.29, 0.717) is 0 Å². The Bertz CT molecular complexity index is 265. The van der Waals surface area contributed by atoms with Gasteiger partial charge in [-0.3, -0.25) is 4.90 Å². The molecular formula is C12H18N2. The molecule has 2 nitrogen and oxygen atoms in total. The maximum Gasteiger partial charge on any atom is 0.0320 e. The molecule has 0 spiro atoms. The van der Waals surface area contributed by atoms with Gasteiger partial charge in [0.05, 0.1) is 0 Å². The molecule has 76 valence electrons. The van der Waals surface area contributed by atoms with Crippen LogP contribution in [0.5, 0.6) is 0 Å². The standard InChI is InChI=1S/C12H18N2/c1-13-12-9-14(10-12)8-7-11-5-3-2-4-6-11/h2-6,12-13H,7-10H2,1H3. The first-order valence-electron chi connectivity index (χ1n) is 5.32. The predicted octanol–water partition coefficient (Wildman–Crippen LogP) is 1.13. The van der Waals surface area contributed by atoms with Gasteiger partial charge >= 0.3 is 0 Å². The van der Waals surface area contributed by atoms with Gasteiger partial charge in [0.2, 0.25) is 0 Å². The van der Waals surface area contributed by atoms with Gasteiger partial charge < -0.3 is 5.32 Å². The van der Waals surface area contributed by atoms with E-state index in [2.05, 4.69) is 40.5 Å². The van der Waals surface area contributed by atoms with Gasteiger partial charge in [-0.2, -0.15) is 0 Å². The van der Waals surface area contributed by atoms with Crippen molar-refractivity contribution in [3.63, 3.8) is 0 Å². The Morgan fingerprint density at radius 3 is 2.64 bits per heavy atom. The highest BCUT2D eigenvalue weighted by molar-refractivity contribution is 5.15. The maximum absolute atomic E-state index is 3.29. The van der Waals surface area contributed by atoms with E-state index in [1.807, 2.05) is 7.05 Å². The van der Waals surface area contributed by atoms with Gasteiger partial charge in [0.1, 0.15) is 0 Å². The average Bonchev–Trinajstić information content (AvgIpc) is 2.17. The summed E-state index contributed by atoms with van der Waals surface area (Å²) in [4.78, 5) is 2.49. The molecule has 1 aliphatic rings. The summed E-state index contributed by atoms with van der Waals surface area (Å²) in [6.07, 6.45) is 1.18. The van der Waals surface area contributed by atoms with Crippen molar-refractivity contribution in [1.82, 2.24) is 10.2 Å². The lowest BCUT2D eigenvalue weighted by Crippen LogP contribution is -2.57. The third kappa shape index (κ3) is 2.34. The van der Waals surface area contributed by atoms with Crippen LogP contribution in [0.3, 0.4) is 0 Å². The number of hydrogen-bond donors (Lipinski definition) is 1. The summed E-state index contributed by atoms with van der Waals surface area (Å²) in [5, 5.41) is 3.29. The quantitative estimate of drug-likeness (QED) is 0.765. The lowest BCUT2D eigenvalue weighted by atomic mass is 10.1. The first-order valence-corrected chi connectivity index (χ1v) is 5.32. The van der Waals surface area contributed by atoms with E-state index in [1.54, 1.807) is 0 Å². The molecule has 1 aliphatic heterocycles. The van der Waals surface area contributed by atoms with E-state index in [0.717, 1.165) is 6.04 Å². The van der Waals surface area contributed by atoms with Crippen molar-refractivity contribution in [1.29, 1.82) is 0 Å². The zero-order valence-electron chi connectivity index (χ0n) is 8.74. The molecule has 0 unspecified atom stereocenters. The van der Waals surface area contributed by atoms with Crippen LogP contribution in [0.25, 0.3) is 0 Å². The lowest BCUT2D eigenvalue weighted by molar-refractivity contribution is 0.134. The Kier molecular flexibility index (Phi) is 3.17. The van der Waals surface area contributed by atoms with Crippen LogP contribution < -0.4 is 5.32 Å². The normalized spacial score (nSPS) is 18.1. The SMILES string of the molecule is CNC1CN(CCc2ccccc2)C1. The van der Waals surface area contributed by atoms with E-state index in [-0.39, 0.29) is 0 Å². The first kappa shape index (κ1) is 9.69. The molecule has 0 aliphatic carbocycles. The van der Waals surface area contributed by atoms with Crippen LogP contribution in [-0.4, -0.2) is 37.6 Å². The highest BCUT2D eigenvalue weighted by atomic mass is 15.2. The molecule has 0 amide bonds. The zero-order valence-corrected chi connectivity index (χ0v) is 8.74. The molecule has 2 rings (SSSR count). The van der Waals surface area contributed by atoms with Gasteiger partial charge in [-0.25, -0.2) is 0 Å². The van der Waals surface area contributed by atoms with E-state index in [4.69, 9.17) is 0 Å². The summed E-state index contributed by atoms with van der Waals surface area (Å²) in [6.45, 7) is 3.62. The van der Waals surface area contributed by atoms with E-state index in [9.17, 15) is 0 Å². The Morgan fingerprint density at radius 2 is 2.00 bits per heavy atom. The van der Waals surface area contributed by atoms with Crippen LogP contribution in [-0.2, 0) is 6.42 Å². The van der Waals surface area contributed by atoms with Crippen molar-refractivity contribution in [2.24, 2.45) is 0 Å². The van der Waals surface area contributed by atoms with Crippen molar-refractivity contribution < 1.29 is 0 Å². The number of nitrogens with one attached hydrogen (secondary N) is 1. The minimum Gasteiger partial charge on any atom is -0.315 e. The molecule has 1 heterocycles. The molecule has 0 saturated carbocycles. The number of benzene rings is 1. The summed E-state index contributed by atoms with van der Waals surface area (Å²) < 4.78 is 0. The second kappa shape index (κ2) is 4.58. The fourth-order valence-electron chi connectivity index (χ4n) is 1.87. The van der Waals surface area contributed by atoms with Gasteiger partial charge in [-0.1, -0.05) is 30.3 Å². The van der Waals surface area contributed by atoms with Crippen LogP contribution in [0.1, 0.15) is 5.56 Å². The Balaban J connectivity index is 1.69. The molecule has 0 aromatic heterocycles. The Morgan fingerprint density at radius 1 is 1.29 bits per heavy atom. The van der Waals surface area contributed by atoms with Crippen molar-refractivity contribution >= 4 is 0 Å². The smallest absolute Gasteiger partial charge is 0.0320 e. The van der Waals surface area contributed by atoms with Crippen LogP contribution in [0.2, 0.25) is 0 Å². The molecular weight excluding hydrogens is 172 g/mol. The topological polar surface area (TPSA) is 15.3 Å². The van der Waals surface area contributed by atoms with Crippen molar-refractivity contribution in [3.05, 3.63) is 35.9 Å². The second-order valence-corrected chi connectivity index (χ2v) is 3.98. The fourth-order valence-corrected chi connectivity index (χ4v) is 1.87. The number of rotatable bonds is 4. The average molecular weight is 190 g/mol. The number of likely N-dealkylation sites (tertiary alicyclic amines) is 1. The van der Waals surface area contributed by atoms with Crippen molar-refractivity contribution in [2.45, 2.75) is 12.5 Å². The van der Waals surface area contributed by atoms with Crippen molar-refractivity contribution in [2.75, 3.05) is 26.7 Å². The molecule has 0 radical (unpaired) electrons. The largest absolute Gasteiger partial charge is 0.315 e. The number of likely N-dealkylation sites (N-methyl/N-ethyl adjacent to an activating group) is 1. The van der Waals surface area contributed by atoms with E-state index >= 15 is 0 Å². The Labute approximate surface area is 85.9 Å². The molecule has 2 heteroatoms. The van der Waals surface area contributed by atoms with Gasteiger partial charge in [-0.05, 0) is 19.0 Å². The molecule has 1 aromatic carbocycles. The second-order valence-electron chi connectivity index (χ2n) is 3.98. The molecule has 14 heavy (non-hydrogen) atoms. The number of hydrogen-bond acceptors (Lipinski definition) is 2. The van der Waals surface area contributed by atoms with Gasteiger partial charge in [0, 0.05) is 25.7 Å². The minimum atomic E-state index is 0.728. The summed E-state index contributed by atoms with van der Waals surface area (Å²) >= 11 is 0. The third-order valence-corrected chi connectivity index (χ3v) is 2.92. The third-order valence-electron chi connectivity index (χ3n) is 2.92. The summed E-state index contributed by atoms with van der Waals surface area (Å²) in [6, 6.07) is 11.4. The summed E-state index contributed by atoms with van der Waals surface area (Å²) in [7, 11) is 2.04. The predicted molar refractivity (Wildman–Crippen MR) is 59.4 cm³/mol. The van der Waals surface area contributed by atoms with Crippen LogP contribution >= 0.6 is 0 Å². The minimum absolute atomic E-state index is 0.728. The molecule has 0 atom stereocenters. The van der Waals surface area contributed by atoms with Crippen LogP contribution in [0.4, 0.5) is 0 Å². The van der Waals surface area contributed by atoms with Crippen LogP contribution in [0.15, 0.2) is 30.3 Å². The molecule has 1 N–H and O–H groups in total.